The van der Waals surface area contributed by atoms with E-state index in [-0.39, 0.29) is 18.1 Å². The third-order valence-corrected chi connectivity index (χ3v) is 3.90. The first-order valence-corrected chi connectivity index (χ1v) is 6.78. The van der Waals surface area contributed by atoms with Crippen LogP contribution < -0.4 is 5.32 Å². The Morgan fingerprint density at radius 1 is 1.47 bits per heavy atom. The lowest BCUT2D eigenvalue weighted by Crippen LogP contribution is -2.38. The van der Waals surface area contributed by atoms with Crippen molar-refractivity contribution in [3.63, 3.8) is 0 Å². The first-order chi connectivity index (χ1) is 8.20. The SMILES string of the molecule is CCc1nnsc1C(=O)NC1CCC(O)CC1. The van der Waals surface area contributed by atoms with Gasteiger partial charge in [-0.25, -0.2) is 0 Å². The quantitative estimate of drug-likeness (QED) is 0.849. The number of rotatable bonds is 3. The molecule has 6 heteroatoms. The Balaban J connectivity index is 1.93. The second-order valence-corrected chi connectivity index (χ2v) is 5.14. The Bertz CT molecular complexity index is 386. The first kappa shape index (κ1) is 12.4. The van der Waals surface area contributed by atoms with Gasteiger partial charge in [-0.3, -0.25) is 4.79 Å². The van der Waals surface area contributed by atoms with Crippen LogP contribution in [0.5, 0.6) is 0 Å². The van der Waals surface area contributed by atoms with E-state index in [0.29, 0.717) is 4.88 Å². The molecule has 0 aliphatic heterocycles. The third-order valence-electron chi connectivity index (χ3n) is 3.13. The molecule has 1 aromatic rings. The molecule has 1 aromatic heterocycles. The summed E-state index contributed by atoms with van der Waals surface area (Å²) in [6, 6.07) is 0.178. The molecule has 1 heterocycles. The average Bonchev–Trinajstić information content (AvgIpc) is 2.80. The predicted molar refractivity (Wildman–Crippen MR) is 65.0 cm³/mol. The lowest BCUT2D eigenvalue weighted by molar-refractivity contribution is 0.0870. The van der Waals surface area contributed by atoms with Crippen molar-refractivity contribution in [1.82, 2.24) is 14.9 Å². The van der Waals surface area contributed by atoms with Crippen molar-refractivity contribution in [3.8, 4) is 0 Å². The molecule has 0 saturated heterocycles. The van der Waals surface area contributed by atoms with E-state index < -0.39 is 0 Å². The van der Waals surface area contributed by atoms with E-state index in [1.807, 2.05) is 6.92 Å². The van der Waals surface area contributed by atoms with Gasteiger partial charge < -0.3 is 10.4 Å². The van der Waals surface area contributed by atoms with E-state index in [1.54, 1.807) is 0 Å². The maximum atomic E-state index is 12.0. The van der Waals surface area contributed by atoms with Gasteiger partial charge in [0, 0.05) is 6.04 Å². The van der Waals surface area contributed by atoms with Gasteiger partial charge in [0.15, 0.2) is 0 Å². The highest BCUT2D eigenvalue weighted by Gasteiger charge is 2.23. The van der Waals surface area contributed by atoms with E-state index in [4.69, 9.17) is 0 Å². The molecule has 0 bridgehead atoms. The fourth-order valence-corrected chi connectivity index (χ4v) is 2.74. The fraction of sp³-hybridized carbons (Fsp3) is 0.727. The molecule has 1 aliphatic rings. The molecule has 5 nitrogen and oxygen atoms in total. The lowest BCUT2D eigenvalue weighted by atomic mass is 9.93. The highest BCUT2D eigenvalue weighted by molar-refractivity contribution is 7.08. The molecule has 17 heavy (non-hydrogen) atoms. The molecule has 0 spiro atoms. The molecule has 0 aromatic carbocycles. The normalized spacial score (nSPS) is 24.6. The van der Waals surface area contributed by atoms with Crippen LogP contribution in [0, 0.1) is 0 Å². The highest BCUT2D eigenvalue weighted by atomic mass is 32.1. The zero-order valence-electron chi connectivity index (χ0n) is 9.85. The number of aryl methyl sites for hydroxylation is 1. The summed E-state index contributed by atoms with van der Waals surface area (Å²) >= 11 is 1.15. The maximum absolute atomic E-state index is 12.0. The molecule has 1 amide bonds. The number of nitrogens with one attached hydrogen (secondary N) is 1. The zero-order chi connectivity index (χ0) is 12.3. The number of carbonyl (C=O) groups excluding carboxylic acids is 1. The largest absolute Gasteiger partial charge is 0.393 e. The first-order valence-electron chi connectivity index (χ1n) is 6.00. The van der Waals surface area contributed by atoms with Gasteiger partial charge in [0.05, 0.1) is 11.8 Å². The summed E-state index contributed by atoms with van der Waals surface area (Å²) < 4.78 is 3.81. The monoisotopic (exact) mass is 255 g/mol. The molecule has 1 saturated carbocycles. The van der Waals surface area contributed by atoms with E-state index >= 15 is 0 Å². The second kappa shape index (κ2) is 5.55. The molecule has 0 unspecified atom stereocenters. The summed E-state index contributed by atoms with van der Waals surface area (Å²) in [6.45, 7) is 1.96. The zero-order valence-corrected chi connectivity index (χ0v) is 10.7. The Kier molecular flexibility index (Phi) is 4.06. The molecular formula is C11H17N3O2S. The fourth-order valence-electron chi connectivity index (χ4n) is 2.08. The van der Waals surface area contributed by atoms with Crippen molar-refractivity contribution >= 4 is 17.4 Å². The number of carbonyl (C=O) groups is 1. The highest BCUT2D eigenvalue weighted by Crippen LogP contribution is 2.19. The summed E-state index contributed by atoms with van der Waals surface area (Å²) in [5, 5.41) is 16.3. The predicted octanol–water partition coefficient (Wildman–Crippen LogP) is 1.13. The minimum Gasteiger partial charge on any atom is -0.393 e. The van der Waals surface area contributed by atoms with Gasteiger partial charge >= 0.3 is 0 Å². The molecule has 94 valence electrons. The van der Waals surface area contributed by atoms with Crippen LogP contribution in [0.1, 0.15) is 48.0 Å². The van der Waals surface area contributed by atoms with Gasteiger partial charge in [-0.2, -0.15) is 0 Å². The average molecular weight is 255 g/mol. The van der Waals surface area contributed by atoms with Crippen molar-refractivity contribution in [3.05, 3.63) is 10.6 Å². The van der Waals surface area contributed by atoms with Crippen LogP contribution in [0.2, 0.25) is 0 Å². The number of aromatic nitrogens is 2. The van der Waals surface area contributed by atoms with Crippen molar-refractivity contribution < 1.29 is 9.90 Å². The summed E-state index contributed by atoms with van der Waals surface area (Å²) in [4.78, 5) is 12.6. The Morgan fingerprint density at radius 3 is 2.82 bits per heavy atom. The van der Waals surface area contributed by atoms with Gasteiger partial charge in [-0.15, -0.1) is 5.10 Å². The van der Waals surface area contributed by atoms with Crippen molar-refractivity contribution in [1.29, 1.82) is 0 Å². The Morgan fingerprint density at radius 2 is 2.18 bits per heavy atom. The number of amides is 1. The topological polar surface area (TPSA) is 75.1 Å². The van der Waals surface area contributed by atoms with Crippen LogP contribution in [0.3, 0.4) is 0 Å². The van der Waals surface area contributed by atoms with E-state index in [9.17, 15) is 9.90 Å². The molecule has 1 fully saturated rings. The van der Waals surface area contributed by atoms with Gasteiger partial charge in [0.25, 0.3) is 5.91 Å². The van der Waals surface area contributed by atoms with E-state index in [1.165, 1.54) is 0 Å². The number of nitrogens with zero attached hydrogens (tertiary/aromatic N) is 2. The molecule has 0 radical (unpaired) electrons. The van der Waals surface area contributed by atoms with Crippen LogP contribution in [-0.4, -0.2) is 32.7 Å². The lowest BCUT2D eigenvalue weighted by Gasteiger charge is -2.25. The van der Waals surface area contributed by atoms with Gasteiger partial charge in [-0.1, -0.05) is 11.4 Å². The van der Waals surface area contributed by atoms with Crippen LogP contribution >= 0.6 is 11.5 Å². The van der Waals surface area contributed by atoms with Gasteiger partial charge in [0.1, 0.15) is 4.88 Å². The number of aliphatic hydroxyl groups is 1. The van der Waals surface area contributed by atoms with Gasteiger partial charge in [-0.05, 0) is 43.6 Å². The molecule has 0 atom stereocenters. The Labute approximate surface area is 104 Å². The Hall–Kier alpha value is -1.01. The molecule has 2 N–H and O–H groups in total. The summed E-state index contributed by atoms with van der Waals surface area (Å²) in [5.41, 5.74) is 0.767. The van der Waals surface area contributed by atoms with Crippen LogP contribution in [0.4, 0.5) is 0 Å². The smallest absolute Gasteiger partial charge is 0.265 e. The third kappa shape index (κ3) is 3.01. The standard InChI is InChI=1S/C11H17N3O2S/c1-2-9-10(17-14-13-9)11(16)12-7-3-5-8(15)6-4-7/h7-8,15H,2-6H2,1H3,(H,12,16). The molecular weight excluding hydrogens is 238 g/mol. The minimum atomic E-state index is -0.195. The minimum absolute atomic E-state index is 0.0711. The van der Waals surface area contributed by atoms with Crippen molar-refractivity contribution in [2.75, 3.05) is 0 Å². The van der Waals surface area contributed by atoms with Crippen molar-refractivity contribution in [2.45, 2.75) is 51.2 Å². The van der Waals surface area contributed by atoms with Crippen molar-refractivity contribution in [2.24, 2.45) is 0 Å². The number of aliphatic hydroxyl groups excluding tert-OH is 1. The number of hydrogen-bond donors (Lipinski definition) is 2. The summed E-state index contributed by atoms with van der Waals surface area (Å²) in [5.74, 6) is -0.0711. The molecule has 2 rings (SSSR count). The second-order valence-electron chi connectivity index (χ2n) is 4.38. The number of hydrogen-bond acceptors (Lipinski definition) is 5. The van der Waals surface area contributed by atoms with E-state index in [0.717, 1.165) is 49.3 Å². The van der Waals surface area contributed by atoms with Gasteiger partial charge in [0.2, 0.25) is 0 Å². The van der Waals surface area contributed by atoms with Crippen LogP contribution in [0.25, 0.3) is 0 Å². The molecule has 1 aliphatic carbocycles. The maximum Gasteiger partial charge on any atom is 0.265 e. The van der Waals surface area contributed by atoms with E-state index in [2.05, 4.69) is 14.9 Å². The van der Waals surface area contributed by atoms with Crippen LogP contribution in [0.15, 0.2) is 0 Å². The summed E-state index contributed by atoms with van der Waals surface area (Å²) in [7, 11) is 0. The van der Waals surface area contributed by atoms with Crippen LogP contribution in [-0.2, 0) is 6.42 Å². The summed E-state index contributed by atoms with van der Waals surface area (Å²) in [6.07, 6.45) is 3.77.